The van der Waals surface area contributed by atoms with Crippen LogP contribution in [-0.4, -0.2) is 46.7 Å². The van der Waals surface area contributed by atoms with Crippen molar-refractivity contribution in [2.24, 2.45) is 5.92 Å². The van der Waals surface area contributed by atoms with Crippen LogP contribution in [0.2, 0.25) is 0 Å². The average Bonchev–Trinajstić information content (AvgIpc) is 2.95. The average molecular weight is 291 g/mol. The minimum absolute atomic E-state index is 0.138. The Balaban J connectivity index is 1.47. The second-order valence-electron chi connectivity index (χ2n) is 6.36. The maximum atomic E-state index is 12.3. The van der Waals surface area contributed by atoms with Gasteiger partial charge in [0.15, 0.2) is 0 Å². The van der Waals surface area contributed by atoms with Crippen LogP contribution in [0.5, 0.6) is 0 Å². The number of imidazole rings is 1. The number of amides is 1. The Labute approximate surface area is 126 Å². The Kier molecular flexibility index (Phi) is 4.58. The molecule has 116 valence electrons. The molecule has 0 N–H and O–H groups in total. The first-order chi connectivity index (χ1) is 10.2. The molecule has 5 nitrogen and oxygen atoms in total. The highest BCUT2D eigenvalue weighted by atomic mass is 16.5. The van der Waals surface area contributed by atoms with Crippen molar-refractivity contribution in [2.75, 3.05) is 20.2 Å². The lowest BCUT2D eigenvalue weighted by molar-refractivity contribution is -0.134. The van der Waals surface area contributed by atoms with E-state index in [0.29, 0.717) is 12.3 Å². The van der Waals surface area contributed by atoms with Gasteiger partial charge in [-0.25, -0.2) is 4.98 Å². The quantitative estimate of drug-likeness (QED) is 0.851. The Bertz CT molecular complexity index is 480. The lowest BCUT2D eigenvalue weighted by Crippen LogP contribution is -2.37. The second-order valence-corrected chi connectivity index (χ2v) is 6.36. The third-order valence-corrected chi connectivity index (χ3v) is 4.69. The summed E-state index contributed by atoms with van der Waals surface area (Å²) in [6, 6.07) is 0. The fourth-order valence-electron chi connectivity index (χ4n) is 3.38. The fraction of sp³-hybridized carbons (Fsp3) is 0.750. The largest absolute Gasteiger partial charge is 0.378 e. The van der Waals surface area contributed by atoms with Crippen LogP contribution in [-0.2, 0) is 22.5 Å². The molecule has 5 heteroatoms. The van der Waals surface area contributed by atoms with Crippen LogP contribution in [0, 0.1) is 5.92 Å². The van der Waals surface area contributed by atoms with Crippen molar-refractivity contribution in [2.45, 2.75) is 51.2 Å². The molecule has 1 saturated heterocycles. The zero-order valence-corrected chi connectivity index (χ0v) is 12.8. The predicted octanol–water partition coefficient (Wildman–Crippen LogP) is 1.86. The second kappa shape index (κ2) is 6.60. The molecule has 3 heterocycles. The predicted molar refractivity (Wildman–Crippen MR) is 79.9 cm³/mol. The standard InChI is InChI=1S/C16H25N3O2/c1-18(16(20)11-14-4-2-3-9-21-14)12-13-5-7-19-8-6-17-15(19)10-13/h6,8,13-14H,2-5,7,9-12H2,1H3/t13-,14+/m1/s1. The van der Waals surface area contributed by atoms with Gasteiger partial charge in [0.05, 0.1) is 12.5 Å². The minimum atomic E-state index is 0.138. The van der Waals surface area contributed by atoms with E-state index in [9.17, 15) is 4.79 Å². The summed E-state index contributed by atoms with van der Waals surface area (Å²) < 4.78 is 7.88. The summed E-state index contributed by atoms with van der Waals surface area (Å²) in [5.41, 5.74) is 0. The summed E-state index contributed by atoms with van der Waals surface area (Å²) >= 11 is 0. The maximum absolute atomic E-state index is 12.3. The van der Waals surface area contributed by atoms with Crippen LogP contribution in [0.1, 0.15) is 37.9 Å². The number of hydrogen-bond donors (Lipinski definition) is 0. The summed E-state index contributed by atoms with van der Waals surface area (Å²) in [7, 11) is 1.92. The van der Waals surface area contributed by atoms with Crippen LogP contribution in [0.3, 0.4) is 0 Å². The lowest BCUT2D eigenvalue weighted by atomic mass is 9.97. The Morgan fingerprint density at radius 1 is 1.48 bits per heavy atom. The van der Waals surface area contributed by atoms with Crippen LogP contribution < -0.4 is 0 Å². The number of ether oxygens (including phenoxy) is 1. The highest BCUT2D eigenvalue weighted by Gasteiger charge is 2.24. The molecule has 1 aromatic rings. The first-order valence-corrected chi connectivity index (χ1v) is 8.08. The minimum Gasteiger partial charge on any atom is -0.378 e. The first-order valence-electron chi connectivity index (χ1n) is 8.08. The summed E-state index contributed by atoms with van der Waals surface area (Å²) in [5.74, 6) is 1.90. The molecule has 0 unspecified atom stereocenters. The van der Waals surface area contributed by atoms with Crippen molar-refractivity contribution in [1.29, 1.82) is 0 Å². The van der Waals surface area contributed by atoms with E-state index in [0.717, 1.165) is 51.2 Å². The van der Waals surface area contributed by atoms with E-state index in [1.807, 2.05) is 24.3 Å². The smallest absolute Gasteiger partial charge is 0.224 e. The molecular weight excluding hydrogens is 266 g/mol. The molecule has 0 saturated carbocycles. The number of aryl methyl sites for hydroxylation is 1. The molecule has 2 atom stereocenters. The normalized spacial score (nSPS) is 25.4. The number of rotatable bonds is 4. The van der Waals surface area contributed by atoms with Crippen LogP contribution >= 0.6 is 0 Å². The molecule has 1 aromatic heterocycles. The third-order valence-electron chi connectivity index (χ3n) is 4.69. The van der Waals surface area contributed by atoms with E-state index in [-0.39, 0.29) is 12.0 Å². The number of carbonyl (C=O) groups excluding carboxylic acids is 1. The van der Waals surface area contributed by atoms with Crippen molar-refractivity contribution < 1.29 is 9.53 Å². The van der Waals surface area contributed by atoms with Gasteiger partial charge in [0.25, 0.3) is 0 Å². The van der Waals surface area contributed by atoms with Gasteiger partial charge in [-0.2, -0.15) is 0 Å². The van der Waals surface area contributed by atoms with Gasteiger partial charge >= 0.3 is 0 Å². The monoisotopic (exact) mass is 291 g/mol. The number of carbonyl (C=O) groups is 1. The molecule has 21 heavy (non-hydrogen) atoms. The zero-order chi connectivity index (χ0) is 14.7. The van der Waals surface area contributed by atoms with Crippen molar-refractivity contribution in [3.63, 3.8) is 0 Å². The van der Waals surface area contributed by atoms with E-state index in [1.165, 1.54) is 6.42 Å². The lowest BCUT2D eigenvalue weighted by Gasteiger charge is -2.29. The van der Waals surface area contributed by atoms with Crippen LogP contribution in [0.15, 0.2) is 12.4 Å². The fourth-order valence-corrected chi connectivity index (χ4v) is 3.38. The van der Waals surface area contributed by atoms with Gasteiger partial charge in [0.2, 0.25) is 5.91 Å². The van der Waals surface area contributed by atoms with E-state index < -0.39 is 0 Å². The number of hydrogen-bond acceptors (Lipinski definition) is 3. The molecule has 1 amide bonds. The zero-order valence-electron chi connectivity index (χ0n) is 12.8. The first kappa shape index (κ1) is 14.6. The highest BCUT2D eigenvalue weighted by Crippen LogP contribution is 2.21. The summed E-state index contributed by atoms with van der Waals surface area (Å²) in [4.78, 5) is 18.6. The van der Waals surface area contributed by atoms with Gasteiger partial charge in [-0.3, -0.25) is 4.79 Å². The van der Waals surface area contributed by atoms with Crippen molar-refractivity contribution in [3.8, 4) is 0 Å². The van der Waals surface area contributed by atoms with E-state index in [2.05, 4.69) is 9.55 Å². The van der Waals surface area contributed by atoms with Gasteiger partial charge < -0.3 is 14.2 Å². The van der Waals surface area contributed by atoms with Crippen LogP contribution in [0.4, 0.5) is 0 Å². The molecule has 2 aliphatic rings. The van der Waals surface area contributed by atoms with Gasteiger partial charge in [-0.15, -0.1) is 0 Å². The molecule has 3 rings (SSSR count). The maximum Gasteiger partial charge on any atom is 0.224 e. The molecule has 0 aromatic carbocycles. The molecule has 2 aliphatic heterocycles. The van der Waals surface area contributed by atoms with E-state index in [1.54, 1.807) is 0 Å². The van der Waals surface area contributed by atoms with Gasteiger partial charge in [-0.1, -0.05) is 0 Å². The van der Waals surface area contributed by atoms with Gasteiger partial charge in [-0.05, 0) is 31.6 Å². The Morgan fingerprint density at radius 2 is 2.38 bits per heavy atom. The number of aromatic nitrogens is 2. The van der Waals surface area contributed by atoms with Crippen molar-refractivity contribution >= 4 is 5.91 Å². The van der Waals surface area contributed by atoms with Gasteiger partial charge in [0.1, 0.15) is 5.82 Å². The highest BCUT2D eigenvalue weighted by molar-refractivity contribution is 5.76. The molecule has 1 fully saturated rings. The summed E-state index contributed by atoms with van der Waals surface area (Å²) in [6.45, 7) is 2.67. The SMILES string of the molecule is CN(C[C@@H]1CCn2ccnc2C1)C(=O)C[C@@H]1CCCCO1. The molecule has 0 spiro atoms. The van der Waals surface area contributed by atoms with E-state index in [4.69, 9.17) is 4.74 Å². The molecule has 0 radical (unpaired) electrons. The Hall–Kier alpha value is -1.36. The third kappa shape index (κ3) is 3.64. The van der Waals surface area contributed by atoms with Crippen molar-refractivity contribution in [3.05, 3.63) is 18.2 Å². The molecule has 0 bridgehead atoms. The summed E-state index contributed by atoms with van der Waals surface area (Å²) in [6.07, 6.45) is 10.0. The van der Waals surface area contributed by atoms with Gasteiger partial charge in [0, 0.05) is 45.6 Å². The molecular formula is C16H25N3O2. The number of nitrogens with zero attached hydrogens (tertiary/aromatic N) is 3. The van der Waals surface area contributed by atoms with Crippen molar-refractivity contribution in [1.82, 2.24) is 14.5 Å². The van der Waals surface area contributed by atoms with Crippen LogP contribution in [0.25, 0.3) is 0 Å². The topological polar surface area (TPSA) is 47.4 Å². The summed E-state index contributed by atoms with van der Waals surface area (Å²) in [5, 5.41) is 0. The Morgan fingerprint density at radius 3 is 3.19 bits per heavy atom. The van der Waals surface area contributed by atoms with E-state index >= 15 is 0 Å². The molecule has 0 aliphatic carbocycles. The number of fused-ring (bicyclic) bond motifs is 1.